The summed E-state index contributed by atoms with van der Waals surface area (Å²) >= 11 is 3.14. The number of methoxy groups -OCH3 is 1. The van der Waals surface area contributed by atoms with Crippen LogP contribution in [0.15, 0.2) is 22.7 Å². The third-order valence-corrected chi connectivity index (χ3v) is 2.54. The van der Waals surface area contributed by atoms with E-state index in [9.17, 15) is 13.2 Å². The molecule has 1 aromatic rings. The zero-order valence-electron chi connectivity index (χ0n) is 7.81. The number of alkyl halides is 3. The van der Waals surface area contributed by atoms with Crippen molar-refractivity contribution >= 4 is 15.9 Å². The van der Waals surface area contributed by atoms with E-state index in [2.05, 4.69) is 15.9 Å². The summed E-state index contributed by atoms with van der Waals surface area (Å²) in [6.07, 6.45) is -4.45. The van der Waals surface area contributed by atoms with Gasteiger partial charge in [0.1, 0.15) is 11.8 Å². The van der Waals surface area contributed by atoms with Gasteiger partial charge in [-0.25, -0.2) is 0 Å². The van der Waals surface area contributed by atoms with Gasteiger partial charge in [0.25, 0.3) is 0 Å². The minimum Gasteiger partial charge on any atom is -0.496 e. The van der Waals surface area contributed by atoms with E-state index >= 15 is 0 Å². The first-order chi connectivity index (χ1) is 6.86. The highest BCUT2D eigenvalue weighted by atomic mass is 79.9. The number of ether oxygens (including phenoxy) is 1. The van der Waals surface area contributed by atoms with E-state index in [0.717, 1.165) is 0 Å². The number of rotatable bonds is 2. The lowest BCUT2D eigenvalue weighted by Gasteiger charge is -2.16. The van der Waals surface area contributed by atoms with Crippen molar-refractivity contribution in [3.05, 3.63) is 28.2 Å². The number of benzene rings is 1. The molecule has 0 aromatic heterocycles. The second-order valence-corrected chi connectivity index (χ2v) is 3.77. The van der Waals surface area contributed by atoms with Gasteiger partial charge in [-0.15, -0.1) is 0 Å². The fraction of sp³-hybridized carbons (Fsp3) is 0.333. The smallest absolute Gasteiger partial charge is 0.407 e. The Morgan fingerprint density at radius 2 is 2.00 bits per heavy atom. The van der Waals surface area contributed by atoms with Crippen molar-refractivity contribution in [2.24, 2.45) is 5.73 Å². The number of hydrogen-bond acceptors (Lipinski definition) is 2. The molecule has 1 atom stereocenters. The van der Waals surface area contributed by atoms with E-state index in [4.69, 9.17) is 10.5 Å². The van der Waals surface area contributed by atoms with E-state index in [1.807, 2.05) is 0 Å². The Bertz CT molecular complexity index is 354. The highest BCUT2D eigenvalue weighted by molar-refractivity contribution is 9.10. The molecule has 2 N–H and O–H groups in total. The maximum Gasteiger partial charge on any atom is 0.407 e. The van der Waals surface area contributed by atoms with E-state index in [0.29, 0.717) is 10.2 Å². The van der Waals surface area contributed by atoms with Crippen LogP contribution in [0.1, 0.15) is 11.6 Å². The van der Waals surface area contributed by atoms with Crippen molar-refractivity contribution in [1.82, 2.24) is 0 Å². The quantitative estimate of drug-likeness (QED) is 0.906. The lowest BCUT2D eigenvalue weighted by atomic mass is 10.1. The predicted octanol–water partition coefficient (Wildman–Crippen LogP) is 3.02. The van der Waals surface area contributed by atoms with Gasteiger partial charge in [0.15, 0.2) is 0 Å². The van der Waals surface area contributed by atoms with Crippen molar-refractivity contribution in [3.8, 4) is 5.75 Å². The molecule has 0 radical (unpaired) electrons. The maximum atomic E-state index is 12.3. The first kappa shape index (κ1) is 12.3. The number of halogens is 4. The van der Waals surface area contributed by atoms with Crippen LogP contribution in [0.4, 0.5) is 13.2 Å². The second kappa shape index (κ2) is 4.40. The SMILES string of the molecule is COc1cc(C(N)C(F)(F)F)ccc1Br. The van der Waals surface area contributed by atoms with Crippen LogP contribution in [-0.4, -0.2) is 13.3 Å². The third kappa shape index (κ3) is 2.85. The Balaban J connectivity index is 3.06. The Kier molecular flexibility index (Phi) is 3.62. The molecule has 0 amide bonds. The molecule has 1 unspecified atom stereocenters. The molecule has 0 saturated carbocycles. The molecule has 0 aliphatic carbocycles. The summed E-state index contributed by atoms with van der Waals surface area (Å²) in [7, 11) is 1.38. The predicted molar refractivity (Wildman–Crippen MR) is 53.7 cm³/mol. The van der Waals surface area contributed by atoms with Gasteiger partial charge < -0.3 is 10.5 Å². The molecule has 0 spiro atoms. The topological polar surface area (TPSA) is 35.2 Å². The highest BCUT2D eigenvalue weighted by Crippen LogP contribution is 2.34. The Hall–Kier alpha value is -0.750. The van der Waals surface area contributed by atoms with Crippen LogP contribution in [0, 0.1) is 0 Å². The molecule has 0 fully saturated rings. The molecule has 1 aromatic carbocycles. The monoisotopic (exact) mass is 283 g/mol. The Morgan fingerprint density at radius 3 is 2.47 bits per heavy atom. The largest absolute Gasteiger partial charge is 0.496 e. The number of hydrogen-bond donors (Lipinski definition) is 1. The van der Waals surface area contributed by atoms with Crippen LogP contribution >= 0.6 is 15.9 Å². The van der Waals surface area contributed by atoms with Crippen LogP contribution < -0.4 is 10.5 Å². The average Bonchev–Trinajstić information content (AvgIpc) is 2.16. The molecule has 0 saturated heterocycles. The molecule has 1 rings (SSSR count). The van der Waals surface area contributed by atoms with Crippen molar-refractivity contribution in [3.63, 3.8) is 0 Å². The van der Waals surface area contributed by atoms with Gasteiger partial charge in [-0.3, -0.25) is 0 Å². The first-order valence-corrected chi connectivity index (χ1v) is 4.81. The molecule has 0 heterocycles. The molecule has 84 valence electrons. The van der Waals surface area contributed by atoms with Gasteiger partial charge in [-0.05, 0) is 33.6 Å². The van der Waals surface area contributed by atoms with Crippen LogP contribution in [0.5, 0.6) is 5.75 Å². The van der Waals surface area contributed by atoms with Gasteiger partial charge in [0.2, 0.25) is 0 Å². The zero-order chi connectivity index (χ0) is 11.6. The molecular weight excluding hydrogens is 275 g/mol. The summed E-state index contributed by atoms with van der Waals surface area (Å²) in [5, 5.41) is 0. The minimum atomic E-state index is -4.45. The maximum absolute atomic E-state index is 12.3. The van der Waals surface area contributed by atoms with Gasteiger partial charge in [0, 0.05) is 0 Å². The van der Waals surface area contributed by atoms with Gasteiger partial charge in [-0.2, -0.15) is 13.2 Å². The van der Waals surface area contributed by atoms with Crippen molar-refractivity contribution in [1.29, 1.82) is 0 Å². The van der Waals surface area contributed by atoms with E-state index in [1.165, 1.54) is 25.3 Å². The fourth-order valence-corrected chi connectivity index (χ4v) is 1.47. The second-order valence-electron chi connectivity index (χ2n) is 2.91. The molecule has 0 bridgehead atoms. The lowest BCUT2D eigenvalue weighted by molar-refractivity contribution is -0.149. The van der Waals surface area contributed by atoms with Crippen molar-refractivity contribution < 1.29 is 17.9 Å². The van der Waals surface area contributed by atoms with Crippen LogP contribution in [0.2, 0.25) is 0 Å². The standard InChI is InChI=1S/C9H9BrF3NO/c1-15-7-4-5(2-3-6(7)10)8(14)9(11,12)13/h2-4,8H,14H2,1H3. The summed E-state index contributed by atoms with van der Waals surface area (Å²) in [6, 6.07) is 2.06. The summed E-state index contributed by atoms with van der Waals surface area (Å²) in [6.45, 7) is 0. The summed E-state index contributed by atoms with van der Waals surface area (Å²) < 4.78 is 42.3. The Morgan fingerprint density at radius 1 is 1.40 bits per heavy atom. The zero-order valence-corrected chi connectivity index (χ0v) is 9.39. The van der Waals surface area contributed by atoms with Crippen LogP contribution in [0.3, 0.4) is 0 Å². The molecule has 0 aliphatic heterocycles. The van der Waals surface area contributed by atoms with Crippen molar-refractivity contribution in [2.75, 3.05) is 7.11 Å². The van der Waals surface area contributed by atoms with Crippen LogP contribution in [0.25, 0.3) is 0 Å². The van der Waals surface area contributed by atoms with Gasteiger partial charge in [0.05, 0.1) is 11.6 Å². The van der Waals surface area contributed by atoms with Crippen molar-refractivity contribution in [2.45, 2.75) is 12.2 Å². The molecule has 2 nitrogen and oxygen atoms in total. The Labute approximate surface area is 93.3 Å². The summed E-state index contributed by atoms with van der Waals surface area (Å²) in [5.41, 5.74) is 5.02. The summed E-state index contributed by atoms with van der Waals surface area (Å²) in [4.78, 5) is 0. The molecule has 6 heteroatoms. The van der Waals surface area contributed by atoms with E-state index in [-0.39, 0.29) is 5.56 Å². The molecule has 15 heavy (non-hydrogen) atoms. The lowest BCUT2D eigenvalue weighted by Crippen LogP contribution is -2.28. The first-order valence-electron chi connectivity index (χ1n) is 4.02. The minimum absolute atomic E-state index is 0.0254. The highest BCUT2D eigenvalue weighted by Gasteiger charge is 2.38. The molecule has 0 aliphatic rings. The summed E-state index contributed by atoms with van der Waals surface area (Å²) in [5.74, 6) is 0.326. The molecular formula is C9H9BrF3NO. The van der Waals surface area contributed by atoms with Gasteiger partial charge in [-0.1, -0.05) is 6.07 Å². The van der Waals surface area contributed by atoms with E-state index in [1.54, 1.807) is 0 Å². The fourth-order valence-electron chi connectivity index (χ4n) is 1.06. The van der Waals surface area contributed by atoms with E-state index < -0.39 is 12.2 Å². The number of nitrogens with two attached hydrogens (primary N) is 1. The van der Waals surface area contributed by atoms with Crippen LogP contribution in [-0.2, 0) is 0 Å². The average molecular weight is 284 g/mol. The normalized spacial score (nSPS) is 13.7. The third-order valence-electron chi connectivity index (χ3n) is 1.89. The van der Waals surface area contributed by atoms with Gasteiger partial charge >= 0.3 is 6.18 Å².